The third kappa shape index (κ3) is 5.91. The zero-order valence-corrected chi connectivity index (χ0v) is 14.4. The molecule has 0 saturated carbocycles. The molecule has 25 heavy (non-hydrogen) atoms. The molecule has 136 valence electrons. The maximum atomic E-state index is 12.4. The molecule has 0 bridgehead atoms. The highest BCUT2D eigenvalue weighted by atomic mass is 16.5. The van der Waals surface area contributed by atoms with Crippen LogP contribution in [0.5, 0.6) is 0 Å². The Labute approximate surface area is 145 Å². The van der Waals surface area contributed by atoms with Crippen LogP contribution in [0.15, 0.2) is 24.3 Å². The van der Waals surface area contributed by atoms with Gasteiger partial charge in [-0.3, -0.25) is 14.4 Å². The first-order valence-electron chi connectivity index (χ1n) is 7.74. The molecule has 2 amide bonds. The Bertz CT molecular complexity index is 658. The summed E-state index contributed by atoms with van der Waals surface area (Å²) in [5.74, 6) is -2.98. The topological polar surface area (TPSA) is 125 Å². The van der Waals surface area contributed by atoms with Crippen LogP contribution in [-0.4, -0.2) is 43.5 Å². The van der Waals surface area contributed by atoms with Gasteiger partial charge in [-0.2, -0.15) is 0 Å². The first-order chi connectivity index (χ1) is 11.8. The summed E-state index contributed by atoms with van der Waals surface area (Å²) in [5, 5.41) is 2.49. The molecule has 0 aliphatic rings. The zero-order chi connectivity index (χ0) is 19.0. The van der Waals surface area contributed by atoms with Crippen LogP contribution >= 0.6 is 0 Å². The number of ether oxygens (including phenoxy) is 2. The molecular weight excluding hydrogens is 328 g/mol. The number of esters is 2. The molecule has 1 rings (SSSR count). The van der Waals surface area contributed by atoms with Crippen molar-refractivity contribution in [2.75, 3.05) is 13.7 Å². The Morgan fingerprint density at radius 2 is 1.84 bits per heavy atom. The summed E-state index contributed by atoms with van der Waals surface area (Å²) in [6.45, 7) is 3.50. The highest BCUT2D eigenvalue weighted by Gasteiger charge is 2.27. The fourth-order valence-corrected chi connectivity index (χ4v) is 2.22. The van der Waals surface area contributed by atoms with Crippen LogP contribution in [0.25, 0.3) is 0 Å². The van der Waals surface area contributed by atoms with Crippen molar-refractivity contribution in [2.45, 2.75) is 26.3 Å². The molecule has 0 saturated heterocycles. The quantitative estimate of drug-likeness (QED) is 0.663. The van der Waals surface area contributed by atoms with Crippen molar-refractivity contribution in [3.8, 4) is 0 Å². The molecule has 0 radical (unpaired) electrons. The van der Waals surface area contributed by atoms with E-state index >= 15 is 0 Å². The summed E-state index contributed by atoms with van der Waals surface area (Å²) in [4.78, 5) is 47.1. The Morgan fingerprint density at radius 1 is 1.20 bits per heavy atom. The summed E-state index contributed by atoms with van der Waals surface area (Å²) < 4.78 is 9.43. The van der Waals surface area contributed by atoms with Gasteiger partial charge in [0.15, 0.2) is 0 Å². The minimum Gasteiger partial charge on any atom is -0.466 e. The largest absolute Gasteiger partial charge is 0.466 e. The maximum Gasteiger partial charge on any atom is 0.337 e. The molecule has 0 unspecified atom stereocenters. The average molecular weight is 350 g/mol. The summed E-state index contributed by atoms with van der Waals surface area (Å²) in [6.07, 6.45) is -0.0655. The predicted octanol–water partition coefficient (Wildman–Crippen LogP) is 0.646. The number of primary amides is 1. The number of benzene rings is 1. The summed E-state index contributed by atoms with van der Waals surface area (Å²) in [5.41, 5.74) is 5.70. The summed E-state index contributed by atoms with van der Waals surface area (Å²) in [7, 11) is 1.23. The number of carbonyl (C=O) groups is 4. The van der Waals surface area contributed by atoms with Gasteiger partial charge >= 0.3 is 11.9 Å². The molecule has 0 spiro atoms. The highest BCUT2D eigenvalue weighted by molar-refractivity contribution is 6.00. The highest BCUT2D eigenvalue weighted by Crippen LogP contribution is 2.12. The third-order valence-electron chi connectivity index (χ3n) is 3.50. The van der Waals surface area contributed by atoms with Crippen LogP contribution in [0.4, 0.5) is 0 Å². The molecule has 8 heteroatoms. The normalized spacial score (nSPS) is 12.6. The van der Waals surface area contributed by atoms with Gasteiger partial charge in [-0.15, -0.1) is 0 Å². The summed E-state index contributed by atoms with van der Waals surface area (Å²) >= 11 is 0. The van der Waals surface area contributed by atoms with Gasteiger partial charge in [0.25, 0.3) is 5.91 Å². The lowest BCUT2D eigenvalue weighted by Crippen LogP contribution is -2.49. The van der Waals surface area contributed by atoms with Gasteiger partial charge in [-0.05, 0) is 31.0 Å². The second kappa shape index (κ2) is 9.41. The van der Waals surface area contributed by atoms with E-state index in [1.807, 2.05) is 0 Å². The van der Waals surface area contributed by atoms with Crippen molar-refractivity contribution in [3.05, 3.63) is 35.4 Å². The molecule has 0 fully saturated rings. The van der Waals surface area contributed by atoms with E-state index < -0.39 is 35.7 Å². The SMILES string of the molecule is CCOC(=O)C[C@@H](C)[C@H](NC(=O)c1cccc(C(=O)OC)c1)C(N)=O. The maximum absolute atomic E-state index is 12.4. The first kappa shape index (κ1) is 20.1. The number of nitrogens with one attached hydrogen (secondary N) is 1. The molecule has 0 aromatic heterocycles. The van der Waals surface area contributed by atoms with Crippen LogP contribution in [0, 0.1) is 5.92 Å². The smallest absolute Gasteiger partial charge is 0.337 e. The van der Waals surface area contributed by atoms with E-state index in [0.29, 0.717) is 0 Å². The van der Waals surface area contributed by atoms with Crippen molar-refractivity contribution in [3.63, 3.8) is 0 Å². The first-order valence-corrected chi connectivity index (χ1v) is 7.74. The van der Waals surface area contributed by atoms with E-state index in [2.05, 4.69) is 10.1 Å². The van der Waals surface area contributed by atoms with Crippen molar-refractivity contribution >= 4 is 23.8 Å². The van der Waals surface area contributed by atoms with Gasteiger partial charge in [0.05, 0.1) is 25.7 Å². The zero-order valence-electron chi connectivity index (χ0n) is 14.4. The second-order valence-electron chi connectivity index (χ2n) is 5.41. The molecule has 0 aliphatic carbocycles. The number of nitrogens with two attached hydrogens (primary N) is 1. The van der Waals surface area contributed by atoms with E-state index in [-0.39, 0.29) is 24.2 Å². The molecule has 0 heterocycles. The van der Waals surface area contributed by atoms with Gasteiger partial charge in [0.2, 0.25) is 5.91 Å². The van der Waals surface area contributed by atoms with Gasteiger partial charge in [-0.25, -0.2) is 4.79 Å². The fourth-order valence-electron chi connectivity index (χ4n) is 2.22. The predicted molar refractivity (Wildman–Crippen MR) is 88.6 cm³/mol. The Morgan fingerprint density at radius 3 is 2.40 bits per heavy atom. The lowest BCUT2D eigenvalue weighted by atomic mass is 9.97. The number of amides is 2. The van der Waals surface area contributed by atoms with Gasteiger partial charge < -0.3 is 20.5 Å². The van der Waals surface area contributed by atoms with E-state index in [9.17, 15) is 19.2 Å². The second-order valence-corrected chi connectivity index (χ2v) is 5.41. The summed E-state index contributed by atoms with van der Waals surface area (Å²) in [6, 6.07) is 4.78. The molecule has 1 aromatic carbocycles. The van der Waals surface area contributed by atoms with Crippen molar-refractivity contribution < 1.29 is 28.7 Å². The number of hydrogen-bond acceptors (Lipinski definition) is 6. The Hall–Kier alpha value is -2.90. The number of hydrogen-bond donors (Lipinski definition) is 2. The molecule has 1 aromatic rings. The molecule has 8 nitrogen and oxygen atoms in total. The minimum atomic E-state index is -1.06. The van der Waals surface area contributed by atoms with Crippen molar-refractivity contribution in [1.82, 2.24) is 5.32 Å². The lowest BCUT2D eigenvalue weighted by Gasteiger charge is -2.21. The van der Waals surface area contributed by atoms with Crippen LogP contribution in [0.1, 0.15) is 41.0 Å². The van der Waals surface area contributed by atoms with E-state index in [1.54, 1.807) is 13.8 Å². The van der Waals surface area contributed by atoms with Crippen molar-refractivity contribution in [2.24, 2.45) is 11.7 Å². The minimum absolute atomic E-state index is 0.0655. The Balaban J connectivity index is 2.88. The standard InChI is InChI=1S/C17H22N2O6/c1-4-25-13(20)8-10(2)14(15(18)21)19-16(22)11-6-5-7-12(9-11)17(23)24-3/h5-7,9-10,14H,4,8H2,1-3H3,(H2,18,21)(H,19,22)/t10-,14+/m1/s1. The fraction of sp³-hybridized carbons (Fsp3) is 0.412. The van der Waals surface area contributed by atoms with E-state index in [1.165, 1.54) is 31.4 Å². The van der Waals surface area contributed by atoms with E-state index in [4.69, 9.17) is 10.5 Å². The lowest BCUT2D eigenvalue weighted by molar-refractivity contribution is -0.144. The molecular formula is C17H22N2O6. The van der Waals surface area contributed by atoms with Crippen molar-refractivity contribution in [1.29, 1.82) is 0 Å². The number of methoxy groups -OCH3 is 1. The van der Waals surface area contributed by atoms with Gasteiger partial charge in [0.1, 0.15) is 6.04 Å². The van der Waals surface area contributed by atoms with Crippen LogP contribution in [0.3, 0.4) is 0 Å². The average Bonchev–Trinajstić information content (AvgIpc) is 2.58. The number of carbonyl (C=O) groups excluding carboxylic acids is 4. The Kier molecular flexibility index (Phi) is 7.58. The van der Waals surface area contributed by atoms with Crippen LogP contribution in [0.2, 0.25) is 0 Å². The van der Waals surface area contributed by atoms with Crippen LogP contribution < -0.4 is 11.1 Å². The van der Waals surface area contributed by atoms with Crippen LogP contribution in [-0.2, 0) is 19.1 Å². The molecule has 3 N–H and O–H groups in total. The third-order valence-corrected chi connectivity index (χ3v) is 3.50. The van der Waals surface area contributed by atoms with E-state index in [0.717, 1.165) is 0 Å². The monoisotopic (exact) mass is 350 g/mol. The molecule has 0 aliphatic heterocycles. The molecule has 2 atom stereocenters. The van der Waals surface area contributed by atoms with Gasteiger partial charge in [0, 0.05) is 5.56 Å². The number of rotatable bonds is 8. The van der Waals surface area contributed by atoms with Gasteiger partial charge in [-0.1, -0.05) is 13.0 Å².